The molecule has 38 heavy (non-hydrogen) atoms. The van der Waals surface area contributed by atoms with Crippen LogP contribution < -0.4 is 0 Å². The maximum absolute atomic E-state index is 9.06. The van der Waals surface area contributed by atoms with E-state index >= 15 is 0 Å². The molecule has 1 aliphatic rings. The van der Waals surface area contributed by atoms with Crippen LogP contribution in [0.5, 0.6) is 0 Å². The van der Waals surface area contributed by atoms with Crippen molar-refractivity contribution in [1.82, 2.24) is 9.88 Å². The van der Waals surface area contributed by atoms with Gasteiger partial charge in [0.1, 0.15) is 0 Å². The fraction of sp³-hybridized carbons (Fsp3) is 0.400. The fourth-order valence-corrected chi connectivity index (χ4v) is 4.27. The van der Waals surface area contributed by atoms with Gasteiger partial charge in [-0.3, -0.25) is 4.90 Å². The zero-order valence-corrected chi connectivity index (χ0v) is 24.9. The highest BCUT2D eigenvalue weighted by Crippen LogP contribution is 2.19. The first-order chi connectivity index (χ1) is 18.3. The number of aromatic nitrogens is 1. The summed E-state index contributed by atoms with van der Waals surface area (Å²) in [4.78, 5) is 5.63. The molecule has 0 radical (unpaired) electrons. The predicted molar refractivity (Wildman–Crippen MR) is 168 cm³/mol. The molecule has 1 N–H and O–H groups in total. The maximum atomic E-state index is 9.06. The van der Waals surface area contributed by atoms with Gasteiger partial charge in [0, 0.05) is 23.6 Å². The number of nitrogens with one attached hydrogen (secondary N) is 1. The molecule has 0 bridgehead atoms. The van der Waals surface area contributed by atoms with Crippen molar-refractivity contribution in [2.75, 3.05) is 19.6 Å². The molecule has 2 aromatic rings. The Morgan fingerprint density at radius 1 is 1.11 bits per heavy atom. The van der Waals surface area contributed by atoms with E-state index in [1.54, 1.807) is 6.08 Å². The first-order valence-electron chi connectivity index (χ1n) is 14.0. The van der Waals surface area contributed by atoms with Gasteiger partial charge in [-0.15, -0.1) is 0 Å². The largest absolute Gasteiger partial charge is 0.361 e. The van der Waals surface area contributed by atoms with Crippen LogP contribution in [0.3, 0.4) is 0 Å². The lowest BCUT2D eigenvalue weighted by Gasteiger charge is -2.18. The topological polar surface area (TPSA) is 42.8 Å². The lowest BCUT2D eigenvalue weighted by Crippen LogP contribution is -2.25. The number of rotatable bonds is 9. The summed E-state index contributed by atoms with van der Waals surface area (Å²) in [6.45, 7) is 21.7. The second-order valence-electron chi connectivity index (χ2n) is 9.68. The third-order valence-corrected chi connectivity index (χ3v) is 6.67. The monoisotopic (exact) mass is 511 g/mol. The Balaban J connectivity index is 0.000000328. The molecule has 3 nitrogen and oxygen atoms in total. The molecule has 1 aliphatic carbocycles. The van der Waals surface area contributed by atoms with Gasteiger partial charge >= 0.3 is 0 Å². The number of aryl methyl sites for hydroxylation is 2. The molecule has 1 heterocycles. The smallest absolute Gasteiger partial charge is 0.0994 e. The number of benzene rings is 1. The maximum Gasteiger partial charge on any atom is 0.0994 e. The van der Waals surface area contributed by atoms with Crippen LogP contribution in [0.2, 0.25) is 0 Å². The van der Waals surface area contributed by atoms with Crippen LogP contribution in [0.25, 0.3) is 10.9 Å². The van der Waals surface area contributed by atoms with Crippen molar-refractivity contribution < 1.29 is 0 Å². The second kappa shape index (κ2) is 18.8. The molecule has 0 atom stereocenters. The summed E-state index contributed by atoms with van der Waals surface area (Å²) in [5.41, 5.74) is 8.09. The molecule has 3 rings (SSSR count). The number of hydrogen-bond acceptors (Lipinski definition) is 2. The van der Waals surface area contributed by atoms with Gasteiger partial charge in [-0.25, -0.2) is 0 Å². The summed E-state index contributed by atoms with van der Waals surface area (Å²) in [6.07, 6.45) is 21.4. The van der Waals surface area contributed by atoms with Gasteiger partial charge in [-0.2, -0.15) is 5.26 Å². The molecule has 0 aliphatic heterocycles. The highest BCUT2D eigenvalue weighted by atomic mass is 15.1. The average Bonchev–Trinajstić information content (AvgIpc) is 3.41. The van der Waals surface area contributed by atoms with Crippen molar-refractivity contribution in [3.8, 4) is 6.07 Å². The number of nitriles is 1. The lowest BCUT2D eigenvalue weighted by atomic mass is 10.0. The molecule has 0 saturated heterocycles. The molecule has 204 valence electrons. The minimum atomic E-state index is 0.640. The molecular weight excluding hydrogens is 462 g/mol. The minimum Gasteiger partial charge on any atom is -0.361 e. The number of fused-ring (bicyclic) bond motifs is 1. The summed E-state index contributed by atoms with van der Waals surface area (Å²) in [5, 5.41) is 10.4. The number of hydrogen-bond donors (Lipinski definition) is 1. The van der Waals surface area contributed by atoms with Gasteiger partial charge in [0.25, 0.3) is 0 Å². The Labute approximate surface area is 232 Å². The molecule has 0 spiro atoms. The minimum absolute atomic E-state index is 0.640. The summed E-state index contributed by atoms with van der Waals surface area (Å²) in [6, 6.07) is 8.57. The highest BCUT2D eigenvalue weighted by Gasteiger charge is 2.03. The van der Waals surface area contributed by atoms with Gasteiger partial charge in [-0.1, -0.05) is 74.6 Å². The SMILES string of the molecule is C=C\C(C#N)=C(C)/C(=C\C)/C=C/CN(CCC)CCC.CC1=CCCC=C1.Cc1ccc2[nH]ccc2c1C. The van der Waals surface area contributed by atoms with E-state index in [0.717, 1.165) is 30.8 Å². The molecular formula is C35H49N3. The van der Waals surface area contributed by atoms with E-state index in [0.29, 0.717) is 5.57 Å². The van der Waals surface area contributed by atoms with Crippen molar-refractivity contribution in [3.05, 3.63) is 107 Å². The first-order valence-corrected chi connectivity index (χ1v) is 14.0. The van der Waals surface area contributed by atoms with Crippen LogP contribution >= 0.6 is 0 Å². The van der Waals surface area contributed by atoms with Crippen molar-refractivity contribution >= 4 is 10.9 Å². The Kier molecular flexibility index (Phi) is 16.2. The number of nitrogens with zero attached hydrogens (tertiary/aromatic N) is 2. The predicted octanol–water partition coefficient (Wildman–Crippen LogP) is 9.70. The quantitative estimate of drug-likeness (QED) is 0.269. The Morgan fingerprint density at radius 2 is 1.82 bits per heavy atom. The summed E-state index contributed by atoms with van der Waals surface area (Å²) in [5.74, 6) is 0. The van der Waals surface area contributed by atoms with Gasteiger partial charge in [0.15, 0.2) is 0 Å². The Morgan fingerprint density at radius 3 is 2.32 bits per heavy atom. The van der Waals surface area contributed by atoms with E-state index < -0.39 is 0 Å². The van der Waals surface area contributed by atoms with Crippen LogP contribution in [0.4, 0.5) is 0 Å². The third kappa shape index (κ3) is 11.4. The van der Waals surface area contributed by atoms with Gasteiger partial charge in [-0.05, 0) is 108 Å². The zero-order valence-electron chi connectivity index (χ0n) is 24.9. The first kappa shape index (κ1) is 32.7. The molecule has 3 heteroatoms. The van der Waals surface area contributed by atoms with Gasteiger partial charge in [0.2, 0.25) is 0 Å². The highest BCUT2D eigenvalue weighted by molar-refractivity contribution is 5.83. The van der Waals surface area contributed by atoms with E-state index in [2.05, 4.69) is 106 Å². The van der Waals surface area contributed by atoms with Crippen molar-refractivity contribution in [2.24, 2.45) is 0 Å². The molecule has 0 unspecified atom stereocenters. The zero-order chi connectivity index (χ0) is 28.3. The molecule has 0 saturated carbocycles. The Bertz CT molecular complexity index is 1190. The molecule has 1 aromatic carbocycles. The van der Waals surface area contributed by atoms with Gasteiger partial charge < -0.3 is 4.98 Å². The van der Waals surface area contributed by atoms with Crippen LogP contribution in [-0.4, -0.2) is 29.5 Å². The van der Waals surface area contributed by atoms with E-state index in [4.69, 9.17) is 5.26 Å². The Hall–Kier alpha value is -3.35. The molecule has 1 aromatic heterocycles. The number of H-pyrrole nitrogens is 1. The standard InChI is InChI=1S/C18H28N2.C10H11N.C7H10/c1-6-12-20(13-7-2)14-10-11-17(8-3)16(5)18(9-4)15-19;1-7-3-4-10-9(8(7)2)5-6-11-10;1-7-5-3-2-4-6-7/h8-11H,4,6-7,12-14H2,1-3,5H3;3-6,11H,1-2H3;3,5-6H,2,4H2,1H3/b11-10+,17-8-,18-16+;;. The van der Waals surface area contributed by atoms with Crippen LogP contribution in [0.15, 0.2) is 95.8 Å². The van der Waals surface area contributed by atoms with E-state index in [-0.39, 0.29) is 0 Å². The molecule has 0 amide bonds. The van der Waals surface area contributed by atoms with E-state index in [1.807, 2.05) is 26.1 Å². The van der Waals surface area contributed by atoms with Crippen molar-refractivity contribution in [1.29, 1.82) is 5.26 Å². The summed E-state index contributed by atoms with van der Waals surface area (Å²) >= 11 is 0. The molecule has 0 fully saturated rings. The second-order valence-corrected chi connectivity index (χ2v) is 9.68. The lowest BCUT2D eigenvalue weighted by molar-refractivity contribution is 0.303. The van der Waals surface area contributed by atoms with E-state index in [1.165, 1.54) is 53.3 Å². The van der Waals surface area contributed by atoms with Crippen molar-refractivity contribution in [3.63, 3.8) is 0 Å². The van der Waals surface area contributed by atoms with Crippen LogP contribution in [0, 0.1) is 25.2 Å². The summed E-state index contributed by atoms with van der Waals surface area (Å²) in [7, 11) is 0. The summed E-state index contributed by atoms with van der Waals surface area (Å²) < 4.78 is 0. The van der Waals surface area contributed by atoms with Crippen LogP contribution in [-0.2, 0) is 0 Å². The third-order valence-electron chi connectivity index (χ3n) is 6.67. The fourth-order valence-electron chi connectivity index (χ4n) is 4.27. The average molecular weight is 512 g/mol. The number of allylic oxidation sites excluding steroid dienone is 10. The van der Waals surface area contributed by atoms with Gasteiger partial charge in [0.05, 0.1) is 11.6 Å². The van der Waals surface area contributed by atoms with Crippen molar-refractivity contribution in [2.45, 2.75) is 74.1 Å². The number of aromatic amines is 1. The van der Waals surface area contributed by atoms with Crippen LogP contribution in [0.1, 0.15) is 71.4 Å². The van der Waals surface area contributed by atoms with E-state index in [9.17, 15) is 0 Å². The normalized spacial score (nSPS) is 13.8.